The molecule has 1 aromatic carbocycles. The Hall–Kier alpha value is -1.52. The van der Waals surface area contributed by atoms with Crippen LogP contribution in [0.2, 0.25) is 0 Å². The molecule has 0 saturated heterocycles. The Morgan fingerprint density at radius 2 is 2.25 bits per heavy atom. The fourth-order valence-corrected chi connectivity index (χ4v) is 2.37. The van der Waals surface area contributed by atoms with E-state index < -0.39 is 0 Å². The molecular weight excluding hydrogens is 254 g/mol. The fraction of sp³-hybridized carbons (Fsp3) is 0.500. The average molecular weight is 277 g/mol. The van der Waals surface area contributed by atoms with Gasteiger partial charge >= 0.3 is 0 Å². The zero-order chi connectivity index (χ0) is 14.4. The van der Waals surface area contributed by atoms with Gasteiger partial charge in [0, 0.05) is 12.0 Å². The fourth-order valence-electron chi connectivity index (χ4n) is 2.37. The molecule has 0 saturated carbocycles. The first-order valence-electron chi connectivity index (χ1n) is 7.15. The van der Waals surface area contributed by atoms with Gasteiger partial charge in [-0.3, -0.25) is 0 Å². The normalized spacial score (nSPS) is 12.8. The minimum absolute atomic E-state index is 0.252. The second-order valence-corrected chi connectivity index (χ2v) is 5.01. The highest BCUT2D eigenvalue weighted by molar-refractivity contribution is 5.83. The van der Waals surface area contributed by atoms with Crippen molar-refractivity contribution in [3.63, 3.8) is 0 Å². The first-order chi connectivity index (χ1) is 9.78. The van der Waals surface area contributed by atoms with Crippen molar-refractivity contribution in [1.82, 2.24) is 5.32 Å². The Labute approximate surface area is 119 Å². The van der Waals surface area contributed by atoms with Crippen LogP contribution in [-0.4, -0.2) is 25.4 Å². The van der Waals surface area contributed by atoms with Crippen molar-refractivity contribution in [1.29, 1.82) is 0 Å². The topological polar surface area (TPSA) is 54.6 Å². The monoisotopic (exact) mass is 277 g/mol. The first kappa shape index (κ1) is 14.9. The molecule has 110 valence electrons. The largest absolute Gasteiger partial charge is 0.493 e. The second kappa shape index (κ2) is 7.31. The van der Waals surface area contributed by atoms with E-state index in [9.17, 15) is 0 Å². The maximum absolute atomic E-state index is 8.98. The standard InChI is InChI=1S/C16H23NO3/c1-3-12(7-8-18)10-17-11-14-9-13-5-4-6-15(19-2)16(13)20-14/h4-6,9,12,17-18H,3,7-8,10-11H2,1-2H3. The van der Waals surface area contributed by atoms with Crippen molar-refractivity contribution >= 4 is 11.0 Å². The van der Waals surface area contributed by atoms with E-state index in [1.54, 1.807) is 7.11 Å². The molecule has 0 radical (unpaired) electrons. The van der Waals surface area contributed by atoms with Gasteiger partial charge in [-0.15, -0.1) is 0 Å². The van der Waals surface area contributed by atoms with Gasteiger partial charge in [0.15, 0.2) is 11.3 Å². The van der Waals surface area contributed by atoms with E-state index in [1.807, 2.05) is 24.3 Å². The van der Waals surface area contributed by atoms with E-state index in [-0.39, 0.29) is 6.61 Å². The number of aliphatic hydroxyl groups is 1. The average Bonchev–Trinajstić information content (AvgIpc) is 2.88. The SMILES string of the molecule is CCC(CCO)CNCc1cc2cccc(OC)c2o1. The zero-order valence-corrected chi connectivity index (χ0v) is 12.2. The number of rotatable bonds is 8. The Balaban J connectivity index is 1.96. The van der Waals surface area contributed by atoms with E-state index in [2.05, 4.69) is 12.2 Å². The third-order valence-corrected chi connectivity index (χ3v) is 3.63. The van der Waals surface area contributed by atoms with Crippen molar-refractivity contribution < 1.29 is 14.3 Å². The van der Waals surface area contributed by atoms with E-state index in [4.69, 9.17) is 14.3 Å². The van der Waals surface area contributed by atoms with Gasteiger partial charge in [-0.1, -0.05) is 25.5 Å². The molecule has 0 aliphatic carbocycles. The summed E-state index contributed by atoms with van der Waals surface area (Å²) in [6.45, 7) is 3.99. The number of fused-ring (bicyclic) bond motifs is 1. The molecule has 0 aliphatic rings. The Kier molecular flexibility index (Phi) is 5.44. The van der Waals surface area contributed by atoms with Crippen molar-refractivity contribution in [2.24, 2.45) is 5.92 Å². The van der Waals surface area contributed by atoms with Crippen LogP contribution in [0.25, 0.3) is 11.0 Å². The molecule has 0 bridgehead atoms. The lowest BCUT2D eigenvalue weighted by atomic mass is 10.0. The molecule has 20 heavy (non-hydrogen) atoms. The third kappa shape index (κ3) is 3.52. The van der Waals surface area contributed by atoms with Crippen molar-refractivity contribution in [2.75, 3.05) is 20.3 Å². The van der Waals surface area contributed by atoms with Gasteiger partial charge in [0.2, 0.25) is 0 Å². The predicted molar refractivity (Wildman–Crippen MR) is 80.0 cm³/mol. The number of furan rings is 1. The summed E-state index contributed by atoms with van der Waals surface area (Å²) in [5, 5.41) is 13.4. The predicted octanol–water partition coefficient (Wildman–Crippen LogP) is 2.94. The molecule has 0 aliphatic heterocycles. The molecule has 2 rings (SSSR count). The number of nitrogens with one attached hydrogen (secondary N) is 1. The minimum atomic E-state index is 0.252. The smallest absolute Gasteiger partial charge is 0.176 e. The van der Waals surface area contributed by atoms with Crippen LogP contribution in [0.1, 0.15) is 25.5 Å². The molecule has 2 aromatic rings. The van der Waals surface area contributed by atoms with Crippen LogP contribution in [0.4, 0.5) is 0 Å². The van der Waals surface area contributed by atoms with E-state index in [0.717, 1.165) is 41.9 Å². The molecule has 4 nitrogen and oxygen atoms in total. The van der Waals surface area contributed by atoms with Crippen LogP contribution in [-0.2, 0) is 6.54 Å². The number of para-hydroxylation sites is 1. The highest BCUT2D eigenvalue weighted by Gasteiger charge is 2.09. The number of ether oxygens (including phenoxy) is 1. The lowest BCUT2D eigenvalue weighted by Crippen LogP contribution is -2.22. The minimum Gasteiger partial charge on any atom is -0.493 e. The number of methoxy groups -OCH3 is 1. The summed E-state index contributed by atoms with van der Waals surface area (Å²) in [7, 11) is 1.65. The van der Waals surface area contributed by atoms with E-state index >= 15 is 0 Å². The van der Waals surface area contributed by atoms with Crippen molar-refractivity contribution in [3.8, 4) is 5.75 Å². The maximum atomic E-state index is 8.98. The first-order valence-corrected chi connectivity index (χ1v) is 7.15. The van der Waals surface area contributed by atoms with Crippen LogP contribution in [0.5, 0.6) is 5.75 Å². The molecule has 0 fully saturated rings. The highest BCUT2D eigenvalue weighted by Crippen LogP contribution is 2.28. The Morgan fingerprint density at radius 1 is 1.40 bits per heavy atom. The van der Waals surface area contributed by atoms with Crippen LogP contribution >= 0.6 is 0 Å². The molecule has 1 unspecified atom stereocenters. The van der Waals surface area contributed by atoms with Crippen LogP contribution in [0.15, 0.2) is 28.7 Å². The third-order valence-electron chi connectivity index (χ3n) is 3.63. The molecule has 2 N–H and O–H groups in total. The summed E-state index contributed by atoms with van der Waals surface area (Å²) in [5.74, 6) is 2.18. The summed E-state index contributed by atoms with van der Waals surface area (Å²) in [5.41, 5.74) is 0.800. The summed E-state index contributed by atoms with van der Waals surface area (Å²) in [4.78, 5) is 0. The number of hydrogen-bond donors (Lipinski definition) is 2. The lowest BCUT2D eigenvalue weighted by molar-refractivity contribution is 0.250. The van der Waals surface area contributed by atoms with Gasteiger partial charge < -0.3 is 19.6 Å². The van der Waals surface area contributed by atoms with E-state index in [1.165, 1.54) is 0 Å². The number of aliphatic hydroxyl groups excluding tert-OH is 1. The quantitative estimate of drug-likeness (QED) is 0.779. The van der Waals surface area contributed by atoms with Gasteiger partial charge in [-0.2, -0.15) is 0 Å². The van der Waals surface area contributed by atoms with Gasteiger partial charge in [-0.05, 0) is 31.0 Å². The molecule has 1 heterocycles. The van der Waals surface area contributed by atoms with Gasteiger partial charge in [0.05, 0.1) is 13.7 Å². The zero-order valence-electron chi connectivity index (χ0n) is 12.2. The van der Waals surface area contributed by atoms with Gasteiger partial charge in [-0.25, -0.2) is 0 Å². The maximum Gasteiger partial charge on any atom is 0.176 e. The number of hydrogen-bond acceptors (Lipinski definition) is 4. The summed E-state index contributed by atoms with van der Waals surface area (Å²) in [6.07, 6.45) is 1.92. The molecule has 0 spiro atoms. The van der Waals surface area contributed by atoms with Crippen molar-refractivity contribution in [3.05, 3.63) is 30.0 Å². The van der Waals surface area contributed by atoms with Crippen molar-refractivity contribution in [2.45, 2.75) is 26.3 Å². The molecule has 4 heteroatoms. The Morgan fingerprint density at radius 3 is 2.95 bits per heavy atom. The van der Waals surface area contributed by atoms with E-state index in [0.29, 0.717) is 12.5 Å². The van der Waals surface area contributed by atoms with Crippen LogP contribution in [0.3, 0.4) is 0 Å². The molecule has 1 atom stereocenters. The Bertz CT molecular complexity index is 536. The summed E-state index contributed by atoms with van der Waals surface area (Å²) in [6, 6.07) is 7.92. The van der Waals surface area contributed by atoms with Crippen LogP contribution in [0, 0.1) is 5.92 Å². The summed E-state index contributed by atoms with van der Waals surface area (Å²) >= 11 is 0. The molecular formula is C16H23NO3. The van der Waals surface area contributed by atoms with Gasteiger partial charge in [0.1, 0.15) is 5.76 Å². The number of benzene rings is 1. The summed E-state index contributed by atoms with van der Waals surface area (Å²) < 4.78 is 11.1. The lowest BCUT2D eigenvalue weighted by Gasteiger charge is -2.13. The molecule has 0 amide bonds. The highest BCUT2D eigenvalue weighted by atomic mass is 16.5. The molecule has 1 aromatic heterocycles. The second-order valence-electron chi connectivity index (χ2n) is 5.01. The van der Waals surface area contributed by atoms with Crippen LogP contribution < -0.4 is 10.1 Å². The van der Waals surface area contributed by atoms with Gasteiger partial charge in [0.25, 0.3) is 0 Å².